The molecular formula is C16H33Cl2N3OS. The fourth-order valence-electron chi connectivity index (χ4n) is 3.68. The molecule has 138 valence electrons. The van der Waals surface area contributed by atoms with Crippen molar-refractivity contribution in [2.24, 2.45) is 5.92 Å². The van der Waals surface area contributed by atoms with Gasteiger partial charge >= 0.3 is 0 Å². The Hall–Kier alpha value is 0.320. The summed E-state index contributed by atoms with van der Waals surface area (Å²) in [5, 5.41) is 6.33. The highest BCUT2D eigenvalue weighted by Gasteiger charge is 2.38. The van der Waals surface area contributed by atoms with E-state index in [1.807, 2.05) is 14.0 Å². The summed E-state index contributed by atoms with van der Waals surface area (Å²) >= 11 is 2.06. The Balaban J connectivity index is 0.00000242. The Morgan fingerprint density at radius 1 is 1.17 bits per heavy atom. The van der Waals surface area contributed by atoms with E-state index < -0.39 is 0 Å². The molecule has 0 radical (unpaired) electrons. The molecule has 2 fully saturated rings. The van der Waals surface area contributed by atoms with Crippen molar-refractivity contribution in [2.75, 3.05) is 44.7 Å². The first kappa shape index (κ1) is 23.3. The first-order valence-corrected chi connectivity index (χ1v) is 9.58. The summed E-state index contributed by atoms with van der Waals surface area (Å²) in [6.07, 6.45) is 6.47. The fourth-order valence-corrected chi connectivity index (χ4v) is 4.58. The monoisotopic (exact) mass is 385 g/mol. The lowest BCUT2D eigenvalue weighted by atomic mass is 9.80. The number of carbonyl (C=O) groups is 1. The first-order valence-electron chi connectivity index (χ1n) is 8.43. The highest BCUT2D eigenvalue weighted by molar-refractivity contribution is 7.99. The molecule has 0 aromatic carbocycles. The summed E-state index contributed by atoms with van der Waals surface area (Å²) in [4.78, 5) is 14.9. The SMILES string of the molecule is CNCC(C)C(=O)NCC1(N2CCSCC2)CCCCC1.Cl.Cl. The van der Waals surface area contributed by atoms with Crippen LogP contribution in [0.2, 0.25) is 0 Å². The maximum absolute atomic E-state index is 12.2. The minimum atomic E-state index is 0. The molecule has 0 bridgehead atoms. The fraction of sp³-hybridized carbons (Fsp3) is 0.938. The van der Waals surface area contributed by atoms with Gasteiger partial charge in [-0.15, -0.1) is 24.8 Å². The molecule has 2 N–H and O–H groups in total. The van der Waals surface area contributed by atoms with E-state index in [4.69, 9.17) is 0 Å². The second kappa shape index (κ2) is 11.8. The van der Waals surface area contributed by atoms with Gasteiger partial charge in [-0.05, 0) is 19.9 Å². The predicted molar refractivity (Wildman–Crippen MR) is 105 cm³/mol. The number of rotatable bonds is 6. The van der Waals surface area contributed by atoms with E-state index in [9.17, 15) is 4.79 Å². The maximum Gasteiger partial charge on any atom is 0.224 e. The van der Waals surface area contributed by atoms with Crippen molar-refractivity contribution in [1.29, 1.82) is 0 Å². The molecule has 1 saturated heterocycles. The largest absolute Gasteiger partial charge is 0.354 e. The minimum absolute atomic E-state index is 0. The smallest absolute Gasteiger partial charge is 0.224 e. The van der Waals surface area contributed by atoms with Gasteiger partial charge < -0.3 is 10.6 Å². The van der Waals surface area contributed by atoms with Crippen LogP contribution in [0.5, 0.6) is 0 Å². The maximum atomic E-state index is 12.2. The average molecular weight is 386 g/mol. The number of amides is 1. The lowest BCUT2D eigenvalue weighted by Crippen LogP contribution is -2.59. The van der Waals surface area contributed by atoms with Gasteiger partial charge in [0.25, 0.3) is 0 Å². The third-order valence-corrected chi connectivity index (χ3v) is 5.96. The van der Waals surface area contributed by atoms with Gasteiger partial charge in [-0.3, -0.25) is 9.69 Å². The molecule has 7 heteroatoms. The summed E-state index contributed by atoms with van der Waals surface area (Å²) < 4.78 is 0. The second-order valence-corrected chi connectivity index (χ2v) is 7.79. The normalized spacial score (nSPS) is 22.3. The average Bonchev–Trinajstić information content (AvgIpc) is 2.54. The van der Waals surface area contributed by atoms with E-state index in [0.717, 1.165) is 13.1 Å². The zero-order chi connectivity index (χ0) is 15.1. The van der Waals surface area contributed by atoms with E-state index in [0.29, 0.717) is 0 Å². The van der Waals surface area contributed by atoms with Crippen LogP contribution in [0.15, 0.2) is 0 Å². The van der Waals surface area contributed by atoms with Gasteiger partial charge in [0.2, 0.25) is 5.91 Å². The van der Waals surface area contributed by atoms with Crippen LogP contribution in [0.4, 0.5) is 0 Å². The number of hydrogen-bond acceptors (Lipinski definition) is 4. The van der Waals surface area contributed by atoms with Gasteiger partial charge in [-0.1, -0.05) is 26.2 Å². The van der Waals surface area contributed by atoms with Gasteiger partial charge in [0.15, 0.2) is 0 Å². The van der Waals surface area contributed by atoms with Gasteiger partial charge in [0.1, 0.15) is 0 Å². The molecule has 2 aliphatic rings. The third kappa shape index (κ3) is 6.62. The lowest BCUT2D eigenvalue weighted by molar-refractivity contribution is -0.125. The summed E-state index contributed by atoms with van der Waals surface area (Å²) in [6, 6.07) is 0. The van der Waals surface area contributed by atoms with Gasteiger partial charge in [0, 0.05) is 49.1 Å². The first-order chi connectivity index (χ1) is 10.2. The number of thioether (sulfide) groups is 1. The molecule has 1 unspecified atom stereocenters. The van der Waals surface area contributed by atoms with Crippen LogP contribution in [0.3, 0.4) is 0 Å². The molecule has 1 atom stereocenters. The Bertz CT molecular complexity index is 335. The summed E-state index contributed by atoms with van der Waals surface area (Å²) in [5.41, 5.74) is 0.230. The summed E-state index contributed by atoms with van der Waals surface area (Å²) in [7, 11) is 1.90. The van der Waals surface area contributed by atoms with Crippen LogP contribution in [0.1, 0.15) is 39.0 Å². The molecule has 1 amide bonds. The van der Waals surface area contributed by atoms with Crippen molar-refractivity contribution in [3.8, 4) is 0 Å². The number of nitrogens with one attached hydrogen (secondary N) is 2. The molecule has 0 aromatic heterocycles. The summed E-state index contributed by atoms with van der Waals surface area (Å²) in [6.45, 7) is 5.96. The van der Waals surface area contributed by atoms with Crippen LogP contribution in [0.25, 0.3) is 0 Å². The Morgan fingerprint density at radius 3 is 2.35 bits per heavy atom. The Labute approximate surface area is 158 Å². The van der Waals surface area contributed by atoms with Crippen molar-refractivity contribution in [3.63, 3.8) is 0 Å². The molecule has 1 aliphatic carbocycles. The van der Waals surface area contributed by atoms with Crippen molar-refractivity contribution in [3.05, 3.63) is 0 Å². The van der Waals surface area contributed by atoms with Gasteiger partial charge in [0.05, 0.1) is 0 Å². The molecule has 0 aromatic rings. The Morgan fingerprint density at radius 2 is 1.78 bits per heavy atom. The second-order valence-electron chi connectivity index (χ2n) is 6.56. The zero-order valence-corrected chi connectivity index (χ0v) is 16.9. The van der Waals surface area contributed by atoms with E-state index in [-0.39, 0.29) is 42.2 Å². The molecule has 4 nitrogen and oxygen atoms in total. The van der Waals surface area contributed by atoms with Crippen LogP contribution in [-0.2, 0) is 4.79 Å². The number of nitrogens with zero attached hydrogens (tertiary/aromatic N) is 1. The van der Waals surface area contributed by atoms with Crippen molar-refractivity contribution in [1.82, 2.24) is 15.5 Å². The number of halogens is 2. The van der Waals surface area contributed by atoms with Crippen LogP contribution in [0, 0.1) is 5.92 Å². The van der Waals surface area contributed by atoms with Crippen molar-refractivity contribution < 1.29 is 4.79 Å². The third-order valence-electron chi connectivity index (χ3n) is 5.02. The van der Waals surface area contributed by atoms with Gasteiger partial charge in [-0.25, -0.2) is 0 Å². The van der Waals surface area contributed by atoms with E-state index in [2.05, 4.69) is 27.3 Å². The zero-order valence-electron chi connectivity index (χ0n) is 14.4. The van der Waals surface area contributed by atoms with Crippen LogP contribution < -0.4 is 10.6 Å². The van der Waals surface area contributed by atoms with E-state index in [1.54, 1.807) is 0 Å². The molecule has 23 heavy (non-hydrogen) atoms. The number of carbonyl (C=O) groups excluding carboxylic acids is 1. The van der Waals surface area contributed by atoms with Gasteiger partial charge in [-0.2, -0.15) is 11.8 Å². The molecule has 1 heterocycles. The predicted octanol–water partition coefficient (Wildman–Crippen LogP) is 2.55. The lowest BCUT2D eigenvalue weighted by Gasteiger charge is -2.48. The summed E-state index contributed by atoms with van der Waals surface area (Å²) in [5.74, 6) is 2.73. The van der Waals surface area contributed by atoms with E-state index >= 15 is 0 Å². The van der Waals surface area contributed by atoms with Crippen molar-refractivity contribution in [2.45, 2.75) is 44.6 Å². The molecule has 1 aliphatic heterocycles. The minimum Gasteiger partial charge on any atom is -0.354 e. The highest BCUT2D eigenvalue weighted by Crippen LogP contribution is 2.34. The topological polar surface area (TPSA) is 44.4 Å². The number of hydrogen-bond donors (Lipinski definition) is 2. The quantitative estimate of drug-likeness (QED) is 0.737. The van der Waals surface area contributed by atoms with Crippen LogP contribution in [-0.4, -0.2) is 61.1 Å². The van der Waals surface area contributed by atoms with Crippen molar-refractivity contribution >= 4 is 42.5 Å². The standard InChI is InChI=1S/C16H31N3OS.2ClH/c1-14(12-17-2)15(20)18-13-16(6-4-3-5-7-16)19-8-10-21-11-9-19;;/h14,17H,3-13H2,1-2H3,(H,18,20);2*1H. The molecule has 2 rings (SSSR count). The van der Waals surface area contributed by atoms with Crippen LogP contribution >= 0.6 is 36.6 Å². The molecule has 0 spiro atoms. The highest BCUT2D eigenvalue weighted by atomic mass is 35.5. The molecule has 1 saturated carbocycles. The van der Waals surface area contributed by atoms with E-state index in [1.165, 1.54) is 56.7 Å². The Kier molecular flexibility index (Phi) is 12.0. The molecular weight excluding hydrogens is 353 g/mol.